The fraction of sp³-hybridized carbons (Fsp3) is 0.0625. The highest BCUT2D eigenvalue weighted by Gasteiger charge is 2.51. The summed E-state index contributed by atoms with van der Waals surface area (Å²) in [5.41, 5.74) is 25.8. The van der Waals surface area contributed by atoms with Crippen LogP contribution in [0.4, 0.5) is 17.1 Å². The first-order valence-corrected chi connectivity index (χ1v) is 22.8. The maximum Gasteiger partial charge on any atom is 0.0726 e. The van der Waals surface area contributed by atoms with Crippen molar-refractivity contribution in [2.45, 2.75) is 24.7 Å². The molecule has 3 aliphatic rings. The molecule has 1 spiro atoms. The predicted octanol–water partition coefficient (Wildman–Crippen LogP) is 16.8. The number of fused-ring (bicyclic) bond motifs is 13. The minimum absolute atomic E-state index is 0.177. The van der Waals surface area contributed by atoms with Crippen LogP contribution in [0.2, 0.25) is 0 Å². The fourth-order valence-corrected chi connectivity index (χ4v) is 11.9. The van der Waals surface area contributed by atoms with Crippen LogP contribution in [-0.2, 0) is 10.8 Å². The molecule has 0 unspecified atom stereocenters. The van der Waals surface area contributed by atoms with Crippen molar-refractivity contribution in [2.24, 2.45) is 0 Å². The third-order valence-electron chi connectivity index (χ3n) is 14.7. The third-order valence-corrected chi connectivity index (χ3v) is 14.7. The summed E-state index contributed by atoms with van der Waals surface area (Å²) in [6, 6.07) is 88.4. The lowest BCUT2D eigenvalue weighted by Crippen LogP contribution is -2.26. The van der Waals surface area contributed by atoms with E-state index in [-0.39, 0.29) is 5.41 Å². The van der Waals surface area contributed by atoms with Gasteiger partial charge in [0.25, 0.3) is 0 Å². The van der Waals surface area contributed by atoms with E-state index in [4.69, 9.17) is 0 Å². The molecule has 10 aromatic carbocycles. The van der Waals surface area contributed by atoms with Crippen molar-refractivity contribution in [2.75, 3.05) is 4.90 Å². The smallest absolute Gasteiger partial charge is 0.0726 e. The first-order valence-electron chi connectivity index (χ1n) is 22.8. The molecule has 1 nitrogen and oxygen atoms in total. The van der Waals surface area contributed by atoms with E-state index in [1.807, 2.05) is 0 Å². The molecule has 13 rings (SSSR count). The van der Waals surface area contributed by atoms with Crippen LogP contribution < -0.4 is 4.90 Å². The van der Waals surface area contributed by atoms with Crippen LogP contribution in [0.5, 0.6) is 0 Å². The zero-order valence-electron chi connectivity index (χ0n) is 36.5. The molecule has 1 heteroatoms. The topological polar surface area (TPSA) is 3.24 Å². The first-order chi connectivity index (χ1) is 32.0. The van der Waals surface area contributed by atoms with Gasteiger partial charge in [-0.05, 0) is 125 Å². The molecular weight excluding hydrogens is 783 g/mol. The molecule has 0 amide bonds. The van der Waals surface area contributed by atoms with E-state index in [1.165, 1.54) is 100 Å². The summed E-state index contributed by atoms with van der Waals surface area (Å²) in [5, 5.41) is 0. The van der Waals surface area contributed by atoms with Crippen LogP contribution in [0, 0.1) is 0 Å². The van der Waals surface area contributed by atoms with E-state index < -0.39 is 5.41 Å². The zero-order valence-corrected chi connectivity index (χ0v) is 36.5. The Morgan fingerprint density at radius 2 is 0.662 bits per heavy atom. The van der Waals surface area contributed by atoms with Gasteiger partial charge >= 0.3 is 0 Å². The molecule has 0 N–H and O–H groups in total. The Morgan fingerprint density at radius 1 is 0.277 bits per heavy atom. The van der Waals surface area contributed by atoms with Gasteiger partial charge in [0, 0.05) is 22.4 Å². The van der Waals surface area contributed by atoms with Crippen molar-refractivity contribution in [3.05, 3.63) is 270 Å². The molecular formula is C64H45N. The van der Waals surface area contributed by atoms with E-state index in [1.54, 1.807) is 0 Å². The van der Waals surface area contributed by atoms with E-state index in [2.05, 4.69) is 255 Å². The Bertz CT molecular complexity index is 3460. The van der Waals surface area contributed by atoms with Crippen molar-refractivity contribution < 1.29 is 0 Å². The van der Waals surface area contributed by atoms with E-state index in [0.717, 1.165) is 17.1 Å². The van der Waals surface area contributed by atoms with E-state index in [0.29, 0.717) is 0 Å². The van der Waals surface area contributed by atoms with Crippen molar-refractivity contribution >= 4 is 17.1 Å². The standard InChI is InChI=1S/C64H45N/c1-63(2)55-31-15-11-25-48(55)52-38-36-44(40-59(52)63)65(61-35-19-30-47(43-22-7-4-8-23-43)62(61)54-29-10-9-24-46(54)42-20-5-3-6-21-42)45-37-39-53-51-28-14-18-34-58(51)64(60(53)41-45)56-32-16-12-26-49(56)50-27-13-17-33-57(50)64/h3-41H,1-2H3. The van der Waals surface area contributed by atoms with Crippen molar-refractivity contribution in [1.29, 1.82) is 0 Å². The highest BCUT2D eigenvalue weighted by atomic mass is 15.1. The molecule has 0 aromatic heterocycles. The minimum Gasteiger partial charge on any atom is -0.310 e. The third kappa shape index (κ3) is 5.33. The largest absolute Gasteiger partial charge is 0.310 e. The van der Waals surface area contributed by atoms with E-state index in [9.17, 15) is 0 Å². The molecule has 0 bridgehead atoms. The monoisotopic (exact) mass is 827 g/mol. The Kier molecular flexibility index (Phi) is 8.24. The molecule has 0 atom stereocenters. The average Bonchev–Trinajstić information content (AvgIpc) is 3.93. The fourth-order valence-electron chi connectivity index (χ4n) is 11.9. The number of hydrogen-bond donors (Lipinski definition) is 0. The van der Waals surface area contributed by atoms with Crippen LogP contribution in [0.1, 0.15) is 47.2 Å². The molecule has 0 saturated heterocycles. The molecule has 65 heavy (non-hydrogen) atoms. The summed E-state index contributed by atoms with van der Waals surface area (Å²) in [5.74, 6) is 0. The van der Waals surface area contributed by atoms with Gasteiger partial charge in [-0.25, -0.2) is 0 Å². The second-order valence-electron chi connectivity index (χ2n) is 18.3. The summed E-state index contributed by atoms with van der Waals surface area (Å²) in [6.07, 6.45) is 0. The summed E-state index contributed by atoms with van der Waals surface area (Å²) in [4.78, 5) is 2.56. The number of benzene rings is 10. The van der Waals surface area contributed by atoms with Crippen LogP contribution in [0.3, 0.4) is 0 Å². The Labute approximate surface area is 381 Å². The van der Waals surface area contributed by atoms with Gasteiger partial charge in [0.05, 0.1) is 11.1 Å². The molecule has 3 aliphatic carbocycles. The minimum atomic E-state index is -0.475. The average molecular weight is 828 g/mol. The summed E-state index contributed by atoms with van der Waals surface area (Å²) < 4.78 is 0. The number of rotatable bonds is 6. The second kappa shape index (κ2) is 14.3. The molecule has 306 valence electrons. The number of anilines is 3. The Morgan fingerprint density at radius 3 is 1.22 bits per heavy atom. The van der Waals surface area contributed by atoms with Gasteiger partial charge in [-0.2, -0.15) is 0 Å². The molecule has 0 fully saturated rings. The van der Waals surface area contributed by atoms with Gasteiger partial charge in [0.1, 0.15) is 0 Å². The first kappa shape index (κ1) is 37.5. The second-order valence-corrected chi connectivity index (χ2v) is 18.3. The highest BCUT2D eigenvalue weighted by Crippen LogP contribution is 2.64. The zero-order chi connectivity index (χ0) is 43.3. The van der Waals surface area contributed by atoms with Crippen LogP contribution >= 0.6 is 0 Å². The molecule has 0 heterocycles. The van der Waals surface area contributed by atoms with Gasteiger partial charge in [0.2, 0.25) is 0 Å². The molecule has 10 aromatic rings. The van der Waals surface area contributed by atoms with Crippen molar-refractivity contribution in [3.8, 4) is 66.8 Å². The summed E-state index contributed by atoms with van der Waals surface area (Å²) in [6.45, 7) is 4.77. The number of nitrogens with zero attached hydrogens (tertiary/aromatic N) is 1. The predicted molar refractivity (Wildman–Crippen MR) is 271 cm³/mol. The lowest BCUT2D eigenvalue weighted by molar-refractivity contribution is 0.660. The highest BCUT2D eigenvalue weighted by molar-refractivity contribution is 6.03. The number of hydrogen-bond acceptors (Lipinski definition) is 1. The van der Waals surface area contributed by atoms with Gasteiger partial charge < -0.3 is 4.90 Å². The SMILES string of the molecule is CC1(C)c2ccccc2-c2ccc(N(c3ccc4c(c3)C3(c5ccccc5-c5ccccc53)c3ccccc3-4)c3cccc(-c4ccccc4)c3-c3ccccc3-c3ccccc3)cc21. The van der Waals surface area contributed by atoms with Gasteiger partial charge in [-0.3, -0.25) is 0 Å². The van der Waals surface area contributed by atoms with Crippen molar-refractivity contribution in [3.63, 3.8) is 0 Å². The van der Waals surface area contributed by atoms with Crippen LogP contribution in [-0.4, -0.2) is 0 Å². The van der Waals surface area contributed by atoms with Crippen LogP contribution in [0.15, 0.2) is 237 Å². The maximum absolute atomic E-state index is 2.56. The summed E-state index contributed by atoms with van der Waals surface area (Å²) in [7, 11) is 0. The quantitative estimate of drug-likeness (QED) is 0.161. The lowest BCUT2D eigenvalue weighted by atomic mass is 9.70. The van der Waals surface area contributed by atoms with Gasteiger partial charge in [-0.15, -0.1) is 0 Å². The van der Waals surface area contributed by atoms with Gasteiger partial charge in [-0.1, -0.05) is 220 Å². The Hall–Kier alpha value is -8.00. The molecule has 0 radical (unpaired) electrons. The van der Waals surface area contributed by atoms with Crippen LogP contribution in [0.25, 0.3) is 66.8 Å². The Balaban J connectivity index is 1.13. The van der Waals surface area contributed by atoms with Gasteiger partial charge in [0.15, 0.2) is 0 Å². The molecule has 0 saturated carbocycles. The normalized spacial score (nSPS) is 13.9. The lowest BCUT2D eigenvalue weighted by Gasteiger charge is -2.34. The van der Waals surface area contributed by atoms with E-state index >= 15 is 0 Å². The summed E-state index contributed by atoms with van der Waals surface area (Å²) >= 11 is 0. The molecule has 0 aliphatic heterocycles. The van der Waals surface area contributed by atoms with Crippen molar-refractivity contribution in [1.82, 2.24) is 0 Å². The maximum atomic E-state index is 2.56.